The van der Waals surface area contributed by atoms with Crippen molar-refractivity contribution >= 4 is 5.91 Å². The Kier molecular flexibility index (Phi) is 4.90. The summed E-state index contributed by atoms with van der Waals surface area (Å²) < 4.78 is 15.0. The molecule has 118 valence electrons. The van der Waals surface area contributed by atoms with Gasteiger partial charge in [0.25, 0.3) is 5.91 Å². The molecule has 0 fully saturated rings. The number of nitrogens with one attached hydrogen (secondary N) is 1. The molecule has 0 saturated heterocycles. The van der Waals surface area contributed by atoms with E-state index in [1.54, 1.807) is 24.7 Å². The van der Waals surface area contributed by atoms with Gasteiger partial charge in [-0.3, -0.25) is 9.48 Å². The molecule has 22 heavy (non-hydrogen) atoms. The van der Waals surface area contributed by atoms with Gasteiger partial charge in [0.05, 0.1) is 6.04 Å². The fourth-order valence-electron chi connectivity index (χ4n) is 2.35. The number of aromatic nitrogens is 3. The minimum Gasteiger partial charge on any atom is -0.342 e. The Labute approximate surface area is 129 Å². The molecule has 0 radical (unpaired) electrons. The zero-order valence-electron chi connectivity index (χ0n) is 13.3. The minimum absolute atomic E-state index is 0.231. The third-order valence-electron chi connectivity index (χ3n) is 3.49. The van der Waals surface area contributed by atoms with Crippen LogP contribution in [0.4, 0.5) is 4.39 Å². The SMILES string of the molecule is Cc1cc(C(=O)N[C@H](CC(C)C)c2ncnn2C)ccc1F. The van der Waals surface area contributed by atoms with Crippen molar-refractivity contribution in [1.82, 2.24) is 20.1 Å². The van der Waals surface area contributed by atoms with E-state index in [1.165, 1.54) is 18.5 Å². The van der Waals surface area contributed by atoms with Crippen LogP contribution in [0.1, 0.15) is 48.1 Å². The van der Waals surface area contributed by atoms with E-state index in [0.717, 1.165) is 6.42 Å². The Bertz CT molecular complexity index is 666. The van der Waals surface area contributed by atoms with Crippen molar-refractivity contribution in [3.63, 3.8) is 0 Å². The van der Waals surface area contributed by atoms with Gasteiger partial charge in [-0.25, -0.2) is 9.37 Å². The highest BCUT2D eigenvalue weighted by atomic mass is 19.1. The first kappa shape index (κ1) is 16.1. The second-order valence-electron chi connectivity index (χ2n) is 5.86. The predicted octanol–water partition coefficient (Wildman–Crippen LogP) is 2.78. The van der Waals surface area contributed by atoms with Gasteiger partial charge in [0.1, 0.15) is 18.0 Å². The molecule has 1 atom stereocenters. The van der Waals surface area contributed by atoms with Crippen molar-refractivity contribution < 1.29 is 9.18 Å². The third kappa shape index (κ3) is 3.69. The molecule has 5 nitrogen and oxygen atoms in total. The molecule has 2 aromatic rings. The zero-order valence-corrected chi connectivity index (χ0v) is 13.3. The molecule has 1 amide bonds. The lowest BCUT2D eigenvalue weighted by Gasteiger charge is -2.20. The lowest BCUT2D eigenvalue weighted by Crippen LogP contribution is -2.31. The number of carbonyl (C=O) groups excluding carboxylic acids is 1. The summed E-state index contributed by atoms with van der Waals surface area (Å²) in [5.41, 5.74) is 0.890. The Balaban J connectivity index is 2.21. The lowest BCUT2D eigenvalue weighted by atomic mass is 10.0. The van der Waals surface area contributed by atoms with Crippen LogP contribution in [-0.4, -0.2) is 20.7 Å². The second kappa shape index (κ2) is 6.68. The van der Waals surface area contributed by atoms with E-state index >= 15 is 0 Å². The van der Waals surface area contributed by atoms with Crippen LogP contribution in [0.15, 0.2) is 24.5 Å². The van der Waals surface area contributed by atoms with E-state index < -0.39 is 0 Å². The molecular weight excluding hydrogens is 283 g/mol. The first-order valence-electron chi connectivity index (χ1n) is 7.29. The highest BCUT2D eigenvalue weighted by molar-refractivity contribution is 5.94. The van der Waals surface area contributed by atoms with Crippen LogP contribution >= 0.6 is 0 Å². The summed E-state index contributed by atoms with van der Waals surface area (Å²) in [5, 5.41) is 7.03. The molecule has 0 bridgehead atoms. The number of rotatable bonds is 5. The van der Waals surface area contributed by atoms with Crippen molar-refractivity contribution in [3.05, 3.63) is 47.3 Å². The van der Waals surface area contributed by atoms with Gasteiger partial charge in [0.15, 0.2) is 0 Å². The van der Waals surface area contributed by atoms with E-state index in [9.17, 15) is 9.18 Å². The average molecular weight is 304 g/mol. The summed E-state index contributed by atoms with van der Waals surface area (Å²) in [4.78, 5) is 16.6. The van der Waals surface area contributed by atoms with Crippen molar-refractivity contribution in [2.75, 3.05) is 0 Å². The highest BCUT2D eigenvalue weighted by Crippen LogP contribution is 2.20. The van der Waals surface area contributed by atoms with E-state index in [-0.39, 0.29) is 17.8 Å². The molecule has 6 heteroatoms. The molecule has 2 rings (SSSR count). The van der Waals surface area contributed by atoms with Crippen LogP contribution in [-0.2, 0) is 7.05 Å². The standard InChI is InChI=1S/C16H21FN4O/c1-10(2)7-14(15-18-9-19-21(15)4)20-16(22)12-5-6-13(17)11(3)8-12/h5-6,8-10,14H,7H2,1-4H3,(H,20,22)/t14-/m1/s1. The second-order valence-corrected chi connectivity index (χ2v) is 5.86. The molecule has 0 unspecified atom stereocenters. The molecular formula is C16H21FN4O. The fourth-order valence-corrected chi connectivity index (χ4v) is 2.35. The highest BCUT2D eigenvalue weighted by Gasteiger charge is 2.21. The van der Waals surface area contributed by atoms with Gasteiger partial charge in [-0.1, -0.05) is 13.8 Å². The van der Waals surface area contributed by atoms with Gasteiger partial charge < -0.3 is 5.32 Å². The first-order chi connectivity index (χ1) is 10.4. The molecule has 0 aliphatic carbocycles. The monoisotopic (exact) mass is 304 g/mol. The maximum absolute atomic E-state index is 13.3. The number of benzene rings is 1. The Morgan fingerprint density at radius 1 is 1.41 bits per heavy atom. The summed E-state index contributed by atoms with van der Waals surface area (Å²) in [5.74, 6) is 0.540. The van der Waals surface area contributed by atoms with E-state index in [0.29, 0.717) is 22.9 Å². The predicted molar refractivity (Wildman–Crippen MR) is 81.8 cm³/mol. The fraction of sp³-hybridized carbons (Fsp3) is 0.438. The van der Waals surface area contributed by atoms with E-state index in [4.69, 9.17) is 0 Å². The van der Waals surface area contributed by atoms with Crippen LogP contribution < -0.4 is 5.32 Å². The molecule has 1 aromatic carbocycles. The zero-order chi connectivity index (χ0) is 16.3. The maximum Gasteiger partial charge on any atom is 0.251 e. The molecule has 1 aromatic heterocycles. The van der Waals surface area contributed by atoms with Gasteiger partial charge in [-0.05, 0) is 43.0 Å². The molecule has 0 aliphatic heterocycles. The van der Waals surface area contributed by atoms with Crippen LogP contribution in [0.3, 0.4) is 0 Å². The van der Waals surface area contributed by atoms with E-state index in [2.05, 4.69) is 29.2 Å². The summed E-state index contributed by atoms with van der Waals surface area (Å²) >= 11 is 0. The largest absolute Gasteiger partial charge is 0.342 e. The number of nitrogens with zero attached hydrogens (tertiary/aromatic N) is 3. The average Bonchev–Trinajstić information content (AvgIpc) is 2.86. The number of halogens is 1. The summed E-state index contributed by atoms with van der Waals surface area (Å²) in [6, 6.07) is 4.11. The topological polar surface area (TPSA) is 59.8 Å². The van der Waals surface area contributed by atoms with Gasteiger partial charge in [0, 0.05) is 12.6 Å². The van der Waals surface area contributed by atoms with Crippen molar-refractivity contribution in [3.8, 4) is 0 Å². The van der Waals surface area contributed by atoms with Gasteiger partial charge in [-0.15, -0.1) is 0 Å². The first-order valence-corrected chi connectivity index (χ1v) is 7.29. The Hall–Kier alpha value is -2.24. The van der Waals surface area contributed by atoms with Crippen LogP contribution in [0.25, 0.3) is 0 Å². The van der Waals surface area contributed by atoms with Crippen LogP contribution in [0.5, 0.6) is 0 Å². The Morgan fingerprint density at radius 3 is 2.68 bits per heavy atom. The minimum atomic E-state index is -0.316. The number of hydrogen-bond acceptors (Lipinski definition) is 3. The van der Waals surface area contributed by atoms with Crippen molar-refractivity contribution in [2.24, 2.45) is 13.0 Å². The number of carbonyl (C=O) groups is 1. The molecule has 0 aliphatic rings. The number of amides is 1. The van der Waals surface area contributed by atoms with Gasteiger partial charge >= 0.3 is 0 Å². The molecule has 0 saturated carbocycles. The summed E-state index contributed by atoms with van der Waals surface area (Å²) in [7, 11) is 1.80. The number of hydrogen-bond donors (Lipinski definition) is 1. The molecule has 1 heterocycles. The van der Waals surface area contributed by atoms with E-state index in [1.807, 2.05) is 0 Å². The van der Waals surface area contributed by atoms with Crippen molar-refractivity contribution in [2.45, 2.75) is 33.2 Å². The quantitative estimate of drug-likeness (QED) is 0.924. The normalized spacial score (nSPS) is 12.5. The van der Waals surface area contributed by atoms with Gasteiger partial charge in [-0.2, -0.15) is 5.10 Å². The lowest BCUT2D eigenvalue weighted by molar-refractivity contribution is 0.0929. The molecule has 0 spiro atoms. The smallest absolute Gasteiger partial charge is 0.251 e. The Morgan fingerprint density at radius 2 is 2.14 bits per heavy atom. The summed E-state index contributed by atoms with van der Waals surface area (Å²) in [6.45, 7) is 5.80. The number of aryl methyl sites for hydroxylation is 2. The third-order valence-corrected chi connectivity index (χ3v) is 3.49. The van der Waals surface area contributed by atoms with Crippen LogP contribution in [0, 0.1) is 18.7 Å². The molecule has 1 N–H and O–H groups in total. The van der Waals surface area contributed by atoms with Gasteiger partial charge in [0.2, 0.25) is 0 Å². The van der Waals surface area contributed by atoms with Crippen LogP contribution in [0.2, 0.25) is 0 Å². The van der Waals surface area contributed by atoms with Crippen molar-refractivity contribution in [1.29, 1.82) is 0 Å². The summed E-state index contributed by atoms with van der Waals surface area (Å²) in [6.07, 6.45) is 2.22. The maximum atomic E-state index is 13.3.